The molecule has 2 aromatic rings. The number of aryl methyl sites for hydroxylation is 1. The first-order chi connectivity index (χ1) is 12.2. The molecule has 2 aromatic carbocycles. The van der Waals surface area contributed by atoms with Crippen molar-refractivity contribution in [2.24, 2.45) is 0 Å². The number of carboxylic acid groups (broad SMARTS) is 1. The highest BCUT2D eigenvalue weighted by Crippen LogP contribution is 2.33. The molecule has 0 radical (unpaired) electrons. The molecule has 0 saturated carbocycles. The molecule has 0 heterocycles. The Bertz CT molecular complexity index is 664. The van der Waals surface area contributed by atoms with Crippen LogP contribution in [0.4, 0.5) is 4.79 Å². The van der Waals surface area contributed by atoms with Gasteiger partial charge in [0.05, 0.1) is 6.61 Å². The van der Waals surface area contributed by atoms with Crippen LogP contribution in [0.5, 0.6) is 0 Å². The fourth-order valence-electron chi connectivity index (χ4n) is 3.54. The van der Waals surface area contributed by atoms with E-state index in [0.29, 0.717) is 5.92 Å². The number of ether oxygens (including phenoxy) is 1. The van der Waals surface area contributed by atoms with E-state index in [1.165, 1.54) is 22.3 Å². The standard InChI is InChI=1S/C22H28O3/c1-3-17-13-10-15-21(19(17)4-2)20(18-11-6-5-7-12-18)14-8-9-16-25-22(23)24/h5-7,10-13,15,20H,3-4,8-9,14,16H2,1-2H3,(H,23,24). The van der Waals surface area contributed by atoms with Gasteiger partial charge in [-0.2, -0.15) is 0 Å². The van der Waals surface area contributed by atoms with Crippen LogP contribution in [0, 0.1) is 0 Å². The molecule has 1 unspecified atom stereocenters. The lowest BCUT2D eigenvalue weighted by Gasteiger charge is -2.23. The Balaban J connectivity index is 2.22. The summed E-state index contributed by atoms with van der Waals surface area (Å²) in [5.74, 6) is 0.340. The van der Waals surface area contributed by atoms with E-state index in [1.54, 1.807) is 0 Å². The summed E-state index contributed by atoms with van der Waals surface area (Å²) in [4.78, 5) is 10.5. The van der Waals surface area contributed by atoms with Crippen LogP contribution < -0.4 is 0 Å². The molecule has 0 aliphatic rings. The molecule has 3 heteroatoms. The van der Waals surface area contributed by atoms with Crippen LogP contribution in [0.1, 0.15) is 61.3 Å². The monoisotopic (exact) mass is 340 g/mol. The lowest BCUT2D eigenvalue weighted by molar-refractivity contribution is 0.0899. The van der Waals surface area contributed by atoms with Crippen molar-refractivity contribution in [1.82, 2.24) is 0 Å². The quantitative estimate of drug-likeness (QED) is 0.463. The molecule has 0 amide bonds. The molecule has 0 bridgehead atoms. The topological polar surface area (TPSA) is 46.5 Å². The third-order valence-electron chi connectivity index (χ3n) is 4.73. The van der Waals surface area contributed by atoms with Gasteiger partial charge in [0.25, 0.3) is 0 Å². The minimum atomic E-state index is -1.19. The van der Waals surface area contributed by atoms with Crippen molar-refractivity contribution in [2.75, 3.05) is 6.61 Å². The SMILES string of the molecule is CCc1cccc(C(CCCCOC(=O)O)c2ccccc2)c1CC. The maximum atomic E-state index is 10.5. The first-order valence-electron chi connectivity index (χ1n) is 9.18. The lowest BCUT2D eigenvalue weighted by Crippen LogP contribution is -2.08. The molecule has 134 valence electrons. The van der Waals surface area contributed by atoms with Crippen molar-refractivity contribution >= 4 is 6.16 Å². The van der Waals surface area contributed by atoms with Gasteiger partial charge in [-0.3, -0.25) is 0 Å². The Morgan fingerprint density at radius 3 is 2.40 bits per heavy atom. The van der Waals surface area contributed by atoms with Crippen molar-refractivity contribution in [1.29, 1.82) is 0 Å². The Kier molecular flexibility index (Phi) is 7.52. The van der Waals surface area contributed by atoms with E-state index >= 15 is 0 Å². The maximum Gasteiger partial charge on any atom is 0.505 e. The minimum absolute atomic E-state index is 0.270. The Hall–Kier alpha value is -2.29. The van der Waals surface area contributed by atoms with Gasteiger partial charge in [-0.25, -0.2) is 4.79 Å². The highest BCUT2D eigenvalue weighted by Gasteiger charge is 2.18. The van der Waals surface area contributed by atoms with Gasteiger partial charge in [0, 0.05) is 5.92 Å². The van der Waals surface area contributed by atoms with E-state index < -0.39 is 6.16 Å². The van der Waals surface area contributed by atoms with Crippen LogP contribution in [0.15, 0.2) is 48.5 Å². The van der Waals surface area contributed by atoms with Crippen LogP contribution in [0.2, 0.25) is 0 Å². The van der Waals surface area contributed by atoms with Gasteiger partial charge in [-0.05, 0) is 54.4 Å². The van der Waals surface area contributed by atoms with Crippen LogP contribution in [0.25, 0.3) is 0 Å². The summed E-state index contributed by atoms with van der Waals surface area (Å²) in [5.41, 5.74) is 5.62. The predicted octanol–water partition coefficient (Wildman–Crippen LogP) is 5.81. The number of hydrogen-bond acceptors (Lipinski definition) is 2. The largest absolute Gasteiger partial charge is 0.505 e. The van der Waals surface area contributed by atoms with Crippen LogP contribution in [-0.2, 0) is 17.6 Å². The molecule has 1 N–H and O–H groups in total. The zero-order chi connectivity index (χ0) is 18.1. The fraction of sp³-hybridized carbons (Fsp3) is 0.409. The number of rotatable bonds is 9. The lowest BCUT2D eigenvalue weighted by atomic mass is 9.82. The first kappa shape index (κ1) is 19.0. The molecule has 1 atom stereocenters. The second-order valence-electron chi connectivity index (χ2n) is 6.27. The van der Waals surface area contributed by atoms with Gasteiger partial charge in [0.1, 0.15) is 0 Å². The van der Waals surface area contributed by atoms with Gasteiger partial charge in [-0.15, -0.1) is 0 Å². The summed E-state index contributed by atoms with van der Waals surface area (Å²) in [6.07, 6.45) is 3.57. The summed E-state index contributed by atoms with van der Waals surface area (Å²) in [5, 5.41) is 8.58. The molecule has 0 aliphatic heterocycles. The highest BCUT2D eigenvalue weighted by atomic mass is 16.7. The van der Waals surface area contributed by atoms with E-state index in [-0.39, 0.29) is 6.61 Å². The number of hydrogen-bond donors (Lipinski definition) is 1. The number of unbranched alkanes of at least 4 members (excludes halogenated alkanes) is 1. The van der Waals surface area contributed by atoms with E-state index in [4.69, 9.17) is 5.11 Å². The Morgan fingerprint density at radius 2 is 1.76 bits per heavy atom. The second-order valence-corrected chi connectivity index (χ2v) is 6.27. The minimum Gasteiger partial charge on any atom is -0.450 e. The molecule has 0 saturated heterocycles. The normalized spacial score (nSPS) is 11.9. The summed E-state index contributed by atoms with van der Waals surface area (Å²) < 4.78 is 4.63. The van der Waals surface area contributed by atoms with Gasteiger partial charge in [-0.1, -0.05) is 62.4 Å². The first-order valence-corrected chi connectivity index (χ1v) is 9.18. The summed E-state index contributed by atoms with van der Waals surface area (Å²) in [6, 6.07) is 17.2. The summed E-state index contributed by atoms with van der Waals surface area (Å²) >= 11 is 0. The van der Waals surface area contributed by atoms with Crippen molar-refractivity contribution < 1.29 is 14.6 Å². The summed E-state index contributed by atoms with van der Waals surface area (Å²) in [6.45, 7) is 4.70. The van der Waals surface area contributed by atoms with Crippen molar-refractivity contribution in [3.05, 3.63) is 70.8 Å². The molecular formula is C22H28O3. The molecule has 0 spiro atoms. The van der Waals surface area contributed by atoms with Crippen LogP contribution >= 0.6 is 0 Å². The van der Waals surface area contributed by atoms with Crippen molar-refractivity contribution in [3.63, 3.8) is 0 Å². The summed E-state index contributed by atoms with van der Waals surface area (Å²) in [7, 11) is 0. The van der Waals surface area contributed by atoms with Gasteiger partial charge < -0.3 is 9.84 Å². The molecule has 0 aliphatic carbocycles. The molecule has 0 aromatic heterocycles. The third-order valence-corrected chi connectivity index (χ3v) is 4.73. The Labute approximate surface area is 150 Å². The average molecular weight is 340 g/mol. The highest BCUT2D eigenvalue weighted by molar-refractivity contribution is 5.56. The average Bonchev–Trinajstić information content (AvgIpc) is 2.64. The second kappa shape index (κ2) is 9.87. The molecule has 3 nitrogen and oxygen atoms in total. The zero-order valence-corrected chi connectivity index (χ0v) is 15.2. The zero-order valence-electron chi connectivity index (χ0n) is 15.2. The smallest absolute Gasteiger partial charge is 0.450 e. The van der Waals surface area contributed by atoms with Crippen molar-refractivity contribution in [3.8, 4) is 0 Å². The predicted molar refractivity (Wildman–Crippen MR) is 101 cm³/mol. The molecular weight excluding hydrogens is 312 g/mol. The molecule has 0 fully saturated rings. The van der Waals surface area contributed by atoms with E-state index in [1.807, 2.05) is 6.07 Å². The van der Waals surface area contributed by atoms with Gasteiger partial charge >= 0.3 is 6.16 Å². The van der Waals surface area contributed by atoms with E-state index in [2.05, 4.69) is 61.0 Å². The Morgan fingerprint density at radius 1 is 1.00 bits per heavy atom. The fourth-order valence-corrected chi connectivity index (χ4v) is 3.54. The van der Waals surface area contributed by atoms with Gasteiger partial charge in [0.15, 0.2) is 0 Å². The number of benzene rings is 2. The maximum absolute atomic E-state index is 10.5. The van der Waals surface area contributed by atoms with Gasteiger partial charge in [0.2, 0.25) is 0 Å². The van der Waals surface area contributed by atoms with E-state index in [9.17, 15) is 4.79 Å². The van der Waals surface area contributed by atoms with Crippen LogP contribution in [0.3, 0.4) is 0 Å². The molecule has 2 rings (SSSR count). The van der Waals surface area contributed by atoms with E-state index in [0.717, 1.165) is 32.1 Å². The molecule has 25 heavy (non-hydrogen) atoms. The van der Waals surface area contributed by atoms with Crippen LogP contribution in [-0.4, -0.2) is 17.9 Å². The number of carbonyl (C=O) groups is 1. The van der Waals surface area contributed by atoms with Crippen molar-refractivity contribution in [2.45, 2.75) is 51.9 Å². The third kappa shape index (κ3) is 5.35.